The molecule has 2 aromatic rings. The highest BCUT2D eigenvalue weighted by molar-refractivity contribution is 14.0. The third-order valence-electron chi connectivity index (χ3n) is 4.31. The maximum Gasteiger partial charge on any atom is 0.224 e. The van der Waals surface area contributed by atoms with Gasteiger partial charge in [0.25, 0.3) is 0 Å². The number of aliphatic imine (C=N–C) groups is 1. The summed E-state index contributed by atoms with van der Waals surface area (Å²) in [4.78, 5) is 8.94. The molecule has 0 amide bonds. The van der Waals surface area contributed by atoms with Gasteiger partial charge in [0.1, 0.15) is 11.6 Å². The number of ether oxygens (including phenoxy) is 1. The van der Waals surface area contributed by atoms with Gasteiger partial charge in [-0.15, -0.1) is 24.0 Å². The Morgan fingerprint density at radius 1 is 1.26 bits per heavy atom. The van der Waals surface area contributed by atoms with E-state index in [4.69, 9.17) is 4.74 Å². The zero-order chi connectivity index (χ0) is 18.2. The average Bonchev–Trinajstić information content (AvgIpc) is 3.14. The number of hydrogen-bond donors (Lipinski definition) is 2. The van der Waals surface area contributed by atoms with Crippen LogP contribution >= 0.6 is 24.0 Å². The van der Waals surface area contributed by atoms with Gasteiger partial charge in [-0.25, -0.2) is 14.4 Å². The molecule has 7 heteroatoms. The molecule has 2 N–H and O–H groups in total. The molecule has 1 aliphatic carbocycles. The van der Waals surface area contributed by atoms with Crippen LogP contribution in [0.3, 0.4) is 0 Å². The van der Waals surface area contributed by atoms with Crippen LogP contribution in [0.1, 0.15) is 38.2 Å². The number of aromatic nitrogens is 1. The highest BCUT2D eigenvalue weighted by Gasteiger charge is 2.16. The van der Waals surface area contributed by atoms with Gasteiger partial charge in [-0.2, -0.15) is 0 Å². The molecule has 27 heavy (non-hydrogen) atoms. The molecule has 1 aromatic carbocycles. The third kappa shape index (κ3) is 6.64. The van der Waals surface area contributed by atoms with Crippen LogP contribution in [-0.2, 0) is 6.54 Å². The molecular formula is C20H26FIN4O. The Morgan fingerprint density at radius 2 is 2.07 bits per heavy atom. The zero-order valence-electron chi connectivity index (χ0n) is 15.5. The van der Waals surface area contributed by atoms with Crippen molar-refractivity contribution in [1.82, 2.24) is 15.6 Å². The number of benzene rings is 1. The monoisotopic (exact) mass is 484 g/mol. The van der Waals surface area contributed by atoms with Crippen molar-refractivity contribution in [2.24, 2.45) is 4.99 Å². The summed E-state index contributed by atoms with van der Waals surface area (Å²) in [6.07, 6.45) is 6.57. The number of pyridine rings is 1. The van der Waals surface area contributed by atoms with Crippen LogP contribution in [0.15, 0.2) is 47.6 Å². The van der Waals surface area contributed by atoms with Gasteiger partial charge in [-0.05, 0) is 38.0 Å². The molecule has 0 unspecified atom stereocenters. The molecule has 0 spiro atoms. The Bertz CT molecular complexity index is 750. The number of guanidine groups is 1. The maximum atomic E-state index is 13.4. The molecule has 1 aromatic heterocycles. The Morgan fingerprint density at radius 3 is 2.81 bits per heavy atom. The second kappa shape index (κ2) is 11.1. The molecule has 0 atom stereocenters. The minimum Gasteiger partial charge on any atom is -0.439 e. The molecule has 146 valence electrons. The van der Waals surface area contributed by atoms with Crippen molar-refractivity contribution < 1.29 is 9.13 Å². The van der Waals surface area contributed by atoms with E-state index in [1.165, 1.54) is 37.8 Å². The summed E-state index contributed by atoms with van der Waals surface area (Å²) in [5, 5.41) is 6.78. The predicted octanol–water partition coefficient (Wildman–Crippen LogP) is 4.63. The van der Waals surface area contributed by atoms with Crippen LogP contribution < -0.4 is 15.4 Å². The van der Waals surface area contributed by atoms with Gasteiger partial charge >= 0.3 is 0 Å². The lowest BCUT2D eigenvalue weighted by Crippen LogP contribution is -2.42. The first-order valence-corrected chi connectivity index (χ1v) is 9.16. The third-order valence-corrected chi connectivity index (χ3v) is 4.31. The summed E-state index contributed by atoms with van der Waals surface area (Å²) in [6.45, 7) is 3.28. The molecule has 0 bridgehead atoms. The molecule has 1 heterocycles. The molecule has 0 radical (unpaired) electrons. The van der Waals surface area contributed by atoms with Crippen LogP contribution in [0.4, 0.5) is 4.39 Å². The molecule has 3 rings (SSSR count). The van der Waals surface area contributed by atoms with Crippen molar-refractivity contribution in [3.63, 3.8) is 0 Å². The van der Waals surface area contributed by atoms with Crippen molar-refractivity contribution in [3.05, 3.63) is 54.0 Å². The van der Waals surface area contributed by atoms with Crippen molar-refractivity contribution in [3.8, 4) is 11.6 Å². The molecule has 1 aliphatic rings. The minimum absolute atomic E-state index is 0. The van der Waals surface area contributed by atoms with E-state index in [0.29, 0.717) is 24.2 Å². The molecular weight excluding hydrogens is 458 g/mol. The molecule has 1 fully saturated rings. The normalized spacial score (nSPS) is 14.5. The van der Waals surface area contributed by atoms with Crippen LogP contribution in [0.25, 0.3) is 0 Å². The van der Waals surface area contributed by atoms with Gasteiger partial charge in [-0.1, -0.05) is 25.0 Å². The first kappa shape index (κ1) is 21.4. The van der Waals surface area contributed by atoms with E-state index < -0.39 is 0 Å². The number of halogens is 2. The number of nitrogens with zero attached hydrogens (tertiary/aromatic N) is 2. The predicted molar refractivity (Wildman–Crippen MR) is 116 cm³/mol. The number of hydrogen-bond acceptors (Lipinski definition) is 3. The van der Waals surface area contributed by atoms with Crippen molar-refractivity contribution in [2.45, 2.75) is 45.2 Å². The Kier molecular flexibility index (Phi) is 8.77. The lowest BCUT2D eigenvalue weighted by molar-refractivity contribution is 0.452. The summed E-state index contributed by atoms with van der Waals surface area (Å²) in [5.41, 5.74) is 0.848. The topological polar surface area (TPSA) is 58.5 Å². The standard InChI is InChI=1S/C20H25FN4O.HI/c1-2-22-20(25-17-9-3-4-10-17)24-14-15-7-6-12-23-19(15)26-18-11-5-8-16(21)13-18;/h5-8,11-13,17H,2-4,9-10,14H2,1H3,(H2,22,24,25);1H. The van der Waals surface area contributed by atoms with Crippen LogP contribution in [-0.4, -0.2) is 23.5 Å². The Balaban J connectivity index is 0.00000261. The first-order valence-electron chi connectivity index (χ1n) is 9.16. The molecule has 0 saturated heterocycles. The van der Waals surface area contributed by atoms with Gasteiger partial charge in [-0.3, -0.25) is 0 Å². The van der Waals surface area contributed by atoms with Gasteiger partial charge in [0.15, 0.2) is 5.96 Å². The van der Waals surface area contributed by atoms with Gasteiger partial charge in [0.05, 0.1) is 6.54 Å². The van der Waals surface area contributed by atoms with E-state index in [1.807, 2.05) is 12.1 Å². The summed E-state index contributed by atoms with van der Waals surface area (Å²) in [6, 6.07) is 10.3. The van der Waals surface area contributed by atoms with Gasteiger partial charge < -0.3 is 15.4 Å². The Hall–Kier alpha value is -1.90. The Labute approximate surface area is 176 Å². The summed E-state index contributed by atoms with van der Waals surface area (Å²) < 4.78 is 19.1. The van der Waals surface area contributed by atoms with Crippen LogP contribution in [0, 0.1) is 5.82 Å². The fraction of sp³-hybridized carbons (Fsp3) is 0.400. The highest BCUT2D eigenvalue weighted by Crippen LogP contribution is 2.24. The summed E-state index contributed by atoms with van der Waals surface area (Å²) in [5.74, 6) is 1.33. The van der Waals surface area contributed by atoms with Crippen molar-refractivity contribution in [2.75, 3.05) is 6.54 Å². The van der Waals surface area contributed by atoms with Crippen molar-refractivity contribution >= 4 is 29.9 Å². The van der Waals surface area contributed by atoms with Crippen LogP contribution in [0.5, 0.6) is 11.6 Å². The van der Waals surface area contributed by atoms with E-state index in [1.54, 1.807) is 18.3 Å². The number of rotatable bonds is 6. The summed E-state index contributed by atoms with van der Waals surface area (Å²) in [7, 11) is 0. The van der Waals surface area contributed by atoms with E-state index in [0.717, 1.165) is 18.1 Å². The smallest absolute Gasteiger partial charge is 0.224 e. The quantitative estimate of drug-likeness (QED) is 0.357. The van der Waals surface area contributed by atoms with E-state index in [2.05, 4.69) is 27.5 Å². The lowest BCUT2D eigenvalue weighted by Gasteiger charge is -2.17. The first-order chi connectivity index (χ1) is 12.7. The molecule has 1 saturated carbocycles. The van der Waals surface area contributed by atoms with Crippen LogP contribution in [0.2, 0.25) is 0 Å². The molecule has 0 aliphatic heterocycles. The van der Waals surface area contributed by atoms with Gasteiger partial charge in [0, 0.05) is 30.4 Å². The number of nitrogens with one attached hydrogen (secondary N) is 2. The second-order valence-corrected chi connectivity index (χ2v) is 6.35. The largest absolute Gasteiger partial charge is 0.439 e. The van der Waals surface area contributed by atoms with E-state index in [9.17, 15) is 4.39 Å². The SMILES string of the molecule is CCNC(=NCc1cccnc1Oc1cccc(F)c1)NC1CCCC1.I. The fourth-order valence-electron chi connectivity index (χ4n) is 3.03. The second-order valence-electron chi connectivity index (χ2n) is 6.35. The van der Waals surface area contributed by atoms with Gasteiger partial charge in [0.2, 0.25) is 5.88 Å². The van der Waals surface area contributed by atoms with Crippen molar-refractivity contribution in [1.29, 1.82) is 0 Å². The van der Waals surface area contributed by atoms with E-state index >= 15 is 0 Å². The highest BCUT2D eigenvalue weighted by atomic mass is 127. The maximum absolute atomic E-state index is 13.4. The minimum atomic E-state index is -0.340. The summed E-state index contributed by atoms with van der Waals surface area (Å²) >= 11 is 0. The molecule has 5 nitrogen and oxygen atoms in total. The lowest BCUT2D eigenvalue weighted by atomic mass is 10.2. The average molecular weight is 484 g/mol. The van der Waals surface area contributed by atoms with E-state index in [-0.39, 0.29) is 29.8 Å². The fourth-order valence-corrected chi connectivity index (χ4v) is 3.03. The zero-order valence-corrected chi connectivity index (χ0v) is 17.8.